The third-order valence-electron chi connectivity index (χ3n) is 3.26. The molecule has 4 nitrogen and oxygen atoms in total. The third kappa shape index (κ3) is 1.68. The summed E-state index contributed by atoms with van der Waals surface area (Å²) in [6.07, 6.45) is 3.25. The van der Waals surface area contributed by atoms with Crippen LogP contribution in [0.5, 0.6) is 5.88 Å². The number of ether oxygens (including phenoxy) is 1. The lowest BCUT2D eigenvalue weighted by Crippen LogP contribution is -2.37. The zero-order valence-electron chi connectivity index (χ0n) is 9.99. The number of hydrogen-bond donors (Lipinski definition) is 1. The molecule has 16 heavy (non-hydrogen) atoms. The van der Waals surface area contributed by atoms with Crippen molar-refractivity contribution in [2.75, 3.05) is 32.7 Å². The fourth-order valence-electron chi connectivity index (χ4n) is 2.02. The summed E-state index contributed by atoms with van der Waals surface area (Å²) in [5.41, 5.74) is -0.0860. The van der Waals surface area contributed by atoms with E-state index in [1.807, 2.05) is 19.0 Å². The van der Waals surface area contributed by atoms with Gasteiger partial charge < -0.3 is 14.7 Å². The highest BCUT2D eigenvalue weighted by atomic mass is 32.1. The Labute approximate surface area is 99.9 Å². The molecule has 90 valence electrons. The Kier molecular flexibility index (Phi) is 3.08. The lowest BCUT2D eigenvalue weighted by atomic mass is 9.68. The van der Waals surface area contributed by atoms with Gasteiger partial charge in [0.2, 0.25) is 5.88 Å². The largest absolute Gasteiger partial charge is 0.480 e. The van der Waals surface area contributed by atoms with E-state index in [2.05, 4.69) is 4.98 Å². The van der Waals surface area contributed by atoms with Crippen LogP contribution in [0.1, 0.15) is 24.1 Å². The molecule has 0 radical (unpaired) electrons. The van der Waals surface area contributed by atoms with Crippen LogP contribution >= 0.6 is 11.3 Å². The first kappa shape index (κ1) is 11.7. The van der Waals surface area contributed by atoms with Gasteiger partial charge in [0, 0.05) is 19.5 Å². The molecule has 0 aliphatic heterocycles. The van der Waals surface area contributed by atoms with Crippen LogP contribution in [0.15, 0.2) is 0 Å². The maximum absolute atomic E-state index is 9.57. The predicted molar refractivity (Wildman–Crippen MR) is 65.6 cm³/mol. The second-order valence-electron chi connectivity index (χ2n) is 4.52. The average molecular weight is 242 g/mol. The maximum Gasteiger partial charge on any atom is 0.230 e. The zero-order valence-corrected chi connectivity index (χ0v) is 10.8. The van der Waals surface area contributed by atoms with Crippen LogP contribution in [0, 0.1) is 0 Å². The molecule has 0 atom stereocenters. The summed E-state index contributed by atoms with van der Waals surface area (Å²) in [6, 6.07) is 0. The molecule has 1 N–H and O–H groups in total. The van der Waals surface area contributed by atoms with Crippen molar-refractivity contribution in [3.63, 3.8) is 0 Å². The summed E-state index contributed by atoms with van der Waals surface area (Å²) in [4.78, 5) is 7.51. The SMILES string of the molecule is COc1nc(N(C)C)sc1C1(CO)CCC1. The molecule has 0 aromatic carbocycles. The van der Waals surface area contributed by atoms with E-state index in [1.54, 1.807) is 18.4 Å². The van der Waals surface area contributed by atoms with E-state index in [-0.39, 0.29) is 12.0 Å². The molecular weight excluding hydrogens is 224 g/mol. The Bertz CT molecular complexity index is 367. The van der Waals surface area contributed by atoms with Crippen LogP contribution in [0.4, 0.5) is 5.13 Å². The number of hydrogen-bond acceptors (Lipinski definition) is 5. The Hall–Kier alpha value is -0.810. The van der Waals surface area contributed by atoms with E-state index in [4.69, 9.17) is 4.74 Å². The molecule has 0 unspecified atom stereocenters. The quantitative estimate of drug-likeness (QED) is 0.871. The van der Waals surface area contributed by atoms with Crippen LogP contribution < -0.4 is 9.64 Å². The molecular formula is C11H18N2O2S. The highest BCUT2D eigenvalue weighted by molar-refractivity contribution is 7.16. The van der Waals surface area contributed by atoms with Crippen molar-refractivity contribution >= 4 is 16.5 Å². The average Bonchev–Trinajstić information content (AvgIpc) is 2.62. The van der Waals surface area contributed by atoms with E-state index in [0.717, 1.165) is 22.9 Å². The molecule has 0 saturated heterocycles. The van der Waals surface area contributed by atoms with E-state index in [1.165, 1.54) is 6.42 Å². The zero-order chi connectivity index (χ0) is 11.8. The van der Waals surface area contributed by atoms with Crippen molar-refractivity contribution in [3.8, 4) is 5.88 Å². The van der Waals surface area contributed by atoms with Crippen molar-refractivity contribution in [1.82, 2.24) is 4.98 Å². The van der Waals surface area contributed by atoms with Crippen LogP contribution in [0.3, 0.4) is 0 Å². The standard InChI is InChI=1S/C11H18N2O2S/c1-13(2)10-12-9(15-3)8(16-10)11(7-14)5-4-6-11/h14H,4-7H2,1-3H3. The fraction of sp³-hybridized carbons (Fsp3) is 0.727. The lowest BCUT2D eigenvalue weighted by Gasteiger charge is -2.39. The number of aliphatic hydroxyl groups is 1. The first-order valence-electron chi connectivity index (χ1n) is 5.46. The second kappa shape index (κ2) is 4.22. The Morgan fingerprint density at radius 3 is 2.56 bits per heavy atom. The van der Waals surface area contributed by atoms with Crippen LogP contribution in [0.2, 0.25) is 0 Å². The number of methoxy groups -OCH3 is 1. The highest BCUT2D eigenvalue weighted by Gasteiger charge is 2.42. The highest BCUT2D eigenvalue weighted by Crippen LogP contribution is 2.50. The summed E-state index contributed by atoms with van der Waals surface area (Å²) in [7, 11) is 5.57. The Morgan fingerprint density at radius 2 is 2.19 bits per heavy atom. The van der Waals surface area contributed by atoms with Gasteiger partial charge in [0.05, 0.1) is 18.6 Å². The minimum Gasteiger partial charge on any atom is -0.480 e. The topological polar surface area (TPSA) is 45.6 Å². The van der Waals surface area contributed by atoms with Crippen LogP contribution in [-0.2, 0) is 5.41 Å². The van der Waals surface area contributed by atoms with Crippen molar-refractivity contribution in [1.29, 1.82) is 0 Å². The van der Waals surface area contributed by atoms with Gasteiger partial charge in [-0.15, -0.1) is 0 Å². The maximum atomic E-state index is 9.57. The minimum absolute atomic E-state index is 0.0860. The van der Waals surface area contributed by atoms with Crippen molar-refractivity contribution in [2.45, 2.75) is 24.7 Å². The van der Waals surface area contributed by atoms with Gasteiger partial charge in [-0.05, 0) is 12.8 Å². The van der Waals surface area contributed by atoms with Crippen LogP contribution in [0.25, 0.3) is 0 Å². The molecule has 1 aromatic heterocycles. The van der Waals surface area contributed by atoms with E-state index in [9.17, 15) is 5.11 Å². The summed E-state index contributed by atoms with van der Waals surface area (Å²) in [5.74, 6) is 0.683. The molecule has 1 heterocycles. The Morgan fingerprint density at radius 1 is 1.50 bits per heavy atom. The number of anilines is 1. The fourth-order valence-corrected chi connectivity index (χ4v) is 3.22. The second-order valence-corrected chi connectivity index (χ2v) is 5.50. The molecule has 5 heteroatoms. The number of rotatable bonds is 4. The van der Waals surface area contributed by atoms with Crippen molar-refractivity contribution < 1.29 is 9.84 Å². The summed E-state index contributed by atoms with van der Waals surface area (Å²) in [6.45, 7) is 0.193. The van der Waals surface area contributed by atoms with E-state index >= 15 is 0 Å². The monoisotopic (exact) mass is 242 g/mol. The number of aliphatic hydroxyl groups excluding tert-OH is 1. The number of thiazole rings is 1. The Balaban J connectivity index is 2.38. The molecule has 1 saturated carbocycles. The molecule has 0 spiro atoms. The van der Waals surface area contributed by atoms with Gasteiger partial charge in [-0.2, -0.15) is 4.98 Å². The van der Waals surface area contributed by atoms with Gasteiger partial charge in [-0.3, -0.25) is 0 Å². The summed E-state index contributed by atoms with van der Waals surface area (Å²) in [5, 5.41) is 10.5. The summed E-state index contributed by atoms with van der Waals surface area (Å²) < 4.78 is 5.32. The smallest absolute Gasteiger partial charge is 0.230 e. The summed E-state index contributed by atoms with van der Waals surface area (Å²) >= 11 is 1.63. The van der Waals surface area contributed by atoms with Gasteiger partial charge in [-0.1, -0.05) is 17.8 Å². The third-order valence-corrected chi connectivity index (χ3v) is 4.71. The molecule has 1 aliphatic carbocycles. The predicted octanol–water partition coefficient (Wildman–Crippen LogP) is 1.63. The first-order chi connectivity index (χ1) is 7.63. The molecule has 0 bridgehead atoms. The van der Waals surface area contributed by atoms with Gasteiger partial charge in [0.15, 0.2) is 5.13 Å². The molecule has 2 rings (SSSR count). The number of nitrogens with zero attached hydrogens (tertiary/aromatic N) is 2. The van der Waals surface area contributed by atoms with Crippen molar-refractivity contribution in [2.24, 2.45) is 0 Å². The molecule has 1 fully saturated rings. The molecule has 1 aromatic rings. The molecule has 1 aliphatic rings. The van der Waals surface area contributed by atoms with E-state index < -0.39 is 0 Å². The van der Waals surface area contributed by atoms with Gasteiger partial charge in [-0.25, -0.2) is 0 Å². The van der Waals surface area contributed by atoms with Gasteiger partial charge in [0.1, 0.15) is 0 Å². The van der Waals surface area contributed by atoms with Gasteiger partial charge >= 0.3 is 0 Å². The lowest BCUT2D eigenvalue weighted by molar-refractivity contribution is 0.120. The van der Waals surface area contributed by atoms with Gasteiger partial charge in [0.25, 0.3) is 0 Å². The normalized spacial score (nSPS) is 18.0. The van der Waals surface area contributed by atoms with E-state index in [0.29, 0.717) is 5.88 Å². The number of aromatic nitrogens is 1. The van der Waals surface area contributed by atoms with Crippen LogP contribution in [-0.4, -0.2) is 37.9 Å². The minimum atomic E-state index is -0.0860. The first-order valence-corrected chi connectivity index (χ1v) is 6.28. The van der Waals surface area contributed by atoms with Crippen molar-refractivity contribution in [3.05, 3.63) is 4.88 Å². The molecule has 0 amide bonds.